The van der Waals surface area contributed by atoms with Gasteiger partial charge < -0.3 is 15.0 Å². The van der Waals surface area contributed by atoms with Gasteiger partial charge in [0, 0.05) is 24.4 Å². The van der Waals surface area contributed by atoms with E-state index in [-0.39, 0.29) is 5.92 Å². The zero-order valence-electron chi connectivity index (χ0n) is 13.5. The minimum absolute atomic E-state index is 0.221. The maximum atomic E-state index is 12.8. The topological polar surface area (TPSA) is 41.6 Å². The second-order valence-corrected chi connectivity index (χ2v) is 6.57. The standard InChI is InChI=1S/C18H26N2O2/c1-13-11-16(14-3-5-17(22-2)6-4-14)12-20(13)18(21)15-7-9-19-10-8-15/h3-6,13,15-16,19H,7-12H2,1-2H3. The Hall–Kier alpha value is -1.55. The number of carbonyl (C=O) groups is 1. The van der Waals surface area contributed by atoms with E-state index >= 15 is 0 Å². The molecular formula is C18H26N2O2. The number of benzene rings is 1. The van der Waals surface area contributed by atoms with Gasteiger partial charge in [-0.3, -0.25) is 4.79 Å². The number of nitrogens with one attached hydrogen (secondary N) is 1. The molecule has 1 amide bonds. The van der Waals surface area contributed by atoms with Crippen LogP contribution in [0.4, 0.5) is 0 Å². The first-order valence-corrected chi connectivity index (χ1v) is 8.34. The molecule has 2 fully saturated rings. The first kappa shape index (κ1) is 15.3. The highest BCUT2D eigenvalue weighted by atomic mass is 16.5. The molecule has 4 heteroatoms. The van der Waals surface area contributed by atoms with Crippen molar-refractivity contribution in [2.75, 3.05) is 26.7 Å². The number of carbonyl (C=O) groups excluding carboxylic acids is 1. The molecule has 2 unspecified atom stereocenters. The molecule has 1 N–H and O–H groups in total. The molecule has 0 saturated carbocycles. The van der Waals surface area contributed by atoms with Crippen LogP contribution in [0.25, 0.3) is 0 Å². The third-order valence-corrected chi connectivity index (χ3v) is 5.13. The Morgan fingerprint density at radius 3 is 2.55 bits per heavy atom. The first-order valence-electron chi connectivity index (χ1n) is 8.34. The highest BCUT2D eigenvalue weighted by molar-refractivity contribution is 5.79. The van der Waals surface area contributed by atoms with Crippen LogP contribution in [0.3, 0.4) is 0 Å². The van der Waals surface area contributed by atoms with Gasteiger partial charge in [0.05, 0.1) is 7.11 Å². The minimum atomic E-state index is 0.221. The molecule has 1 aromatic rings. The van der Waals surface area contributed by atoms with E-state index in [9.17, 15) is 4.79 Å². The normalized spacial score (nSPS) is 26.2. The summed E-state index contributed by atoms with van der Waals surface area (Å²) < 4.78 is 5.22. The average Bonchev–Trinajstić information content (AvgIpc) is 2.97. The average molecular weight is 302 g/mol. The Morgan fingerprint density at radius 2 is 1.91 bits per heavy atom. The molecular weight excluding hydrogens is 276 g/mol. The second-order valence-electron chi connectivity index (χ2n) is 6.57. The van der Waals surface area contributed by atoms with Crippen LogP contribution in [0.5, 0.6) is 5.75 Å². The van der Waals surface area contributed by atoms with E-state index in [0.29, 0.717) is 17.9 Å². The summed E-state index contributed by atoms with van der Waals surface area (Å²) in [4.78, 5) is 14.9. The maximum absolute atomic E-state index is 12.8. The van der Waals surface area contributed by atoms with E-state index in [1.165, 1.54) is 5.56 Å². The summed E-state index contributed by atoms with van der Waals surface area (Å²) in [5.74, 6) is 1.92. The van der Waals surface area contributed by atoms with Gasteiger partial charge in [-0.05, 0) is 57.0 Å². The Morgan fingerprint density at radius 1 is 1.23 bits per heavy atom. The summed E-state index contributed by atoms with van der Waals surface area (Å²) in [6.45, 7) is 4.99. The smallest absolute Gasteiger partial charge is 0.226 e. The predicted octanol–water partition coefficient (Wildman–Crippen LogP) is 2.40. The molecule has 4 nitrogen and oxygen atoms in total. The van der Waals surface area contributed by atoms with Crippen molar-refractivity contribution in [2.24, 2.45) is 5.92 Å². The van der Waals surface area contributed by atoms with Crippen LogP contribution < -0.4 is 10.1 Å². The molecule has 3 rings (SSSR count). The number of piperidine rings is 1. The SMILES string of the molecule is COc1ccc(C2CC(C)N(C(=O)C3CCNCC3)C2)cc1. The molecule has 0 radical (unpaired) electrons. The molecule has 1 aromatic carbocycles. The molecule has 120 valence electrons. The number of methoxy groups -OCH3 is 1. The molecule has 2 atom stereocenters. The van der Waals surface area contributed by atoms with E-state index in [1.807, 2.05) is 12.1 Å². The van der Waals surface area contributed by atoms with Gasteiger partial charge in [0.2, 0.25) is 5.91 Å². The van der Waals surface area contributed by atoms with E-state index in [4.69, 9.17) is 4.74 Å². The van der Waals surface area contributed by atoms with Crippen LogP contribution in [0.1, 0.15) is 37.7 Å². The molecule has 0 aliphatic carbocycles. The lowest BCUT2D eigenvalue weighted by atomic mass is 9.96. The third kappa shape index (κ3) is 3.12. The lowest BCUT2D eigenvalue weighted by molar-refractivity contribution is -0.136. The van der Waals surface area contributed by atoms with Gasteiger partial charge >= 0.3 is 0 Å². The monoisotopic (exact) mass is 302 g/mol. The van der Waals surface area contributed by atoms with E-state index in [0.717, 1.165) is 44.6 Å². The van der Waals surface area contributed by atoms with Crippen molar-refractivity contribution in [3.8, 4) is 5.75 Å². The van der Waals surface area contributed by atoms with Gasteiger partial charge in [-0.25, -0.2) is 0 Å². The van der Waals surface area contributed by atoms with Crippen LogP contribution in [0.2, 0.25) is 0 Å². The Balaban J connectivity index is 1.66. The highest BCUT2D eigenvalue weighted by Gasteiger charge is 2.36. The zero-order chi connectivity index (χ0) is 15.5. The largest absolute Gasteiger partial charge is 0.497 e. The number of rotatable bonds is 3. The number of amides is 1. The van der Waals surface area contributed by atoms with E-state index in [1.54, 1.807) is 7.11 Å². The van der Waals surface area contributed by atoms with Gasteiger partial charge in [-0.15, -0.1) is 0 Å². The van der Waals surface area contributed by atoms with Crippen LogP contribution in [0.15, 0.2) is 24.3 Å². The number of likely N-dealkylation sites (tertiary alicyclic amines) is 1. The summed E-state index contributed by atoms with van der Waals surface area (Å²) in [5, 5.41) is 3.33. The molecule has 2 heterocycles. The predicted molar refractivity (Wildman–Crippen MR) is 87.1 cm³/mol. The van der Waals surface area contributed by atoms with Crippen molar-refractivity contribution in [1.29, 1.82) is 0 Å². The quantitative estimate of drug-likeness (QED) is 0.932. The van der Waals surface area contributed by atoms with E-state index in [2.05, 4.69) is 29.3 Å². The maximum Gasteiger partial charge on any atom is 0.226 e. The number of ether oxygens (including phenoxy) is 1. The molecule has 0 bridgehead atoms. The van der Waals surface area contributed by atoms with Crippen LogP contribution in [0, 0.1) is 5.92 Å². The zero-order valence-corrected chi connectivity index (χ0v) is 13.5. The molecule has 0 spiro atoms. The van der Waals surface area contributed by atoms with Gasteiger partial charge in [-0.1, -0.05) is 12.1 Å². The fourth-order valence-electron chi connectivity index (χ4n) is 3.76. The minimum Gasteiger partial charge on any atom is -0.497 e. The fraction of sp³-hybridized carbons (Fsp3) is 0.611. The van der Waals surface area contributed by atoms with Crippen molar-refractivity contribution < 1.29 is 9.53 Å². The Kier molecular flexibility index (Phi) is 4.67. The van der Waals surface area contributed by atoms with Crippen molar-refractivity contribution in [1.82, 2.24) is 10.2 Å². The summed E-state index contributed by atoms with van der Waals surface area (Å²) in [6.07, 6.45) is 3.02. The van der Waals surface area contributed by atoms with Gasteiger partial charge in [0.1, 0.15) is 5.75 Å². The van der Waals surface area contributed by atoms with Crippen molar-refractivity contribution in [3.63, 3.8) is 0 Å². The van der Waals surface area contributed by atoms with Crippen LogP contribution in [-0.2, 0) is 4.79 Å². The van der Waals surface area contributed by atoms with Crippen LogP contribution in [-0.4, -0.2) is 43.6 Å². The van der Waals surface area contributed by atoms with Gasteiger partial charge in [0.15, 0.2) is 0 Å². The fourth-order valence-corrected chi connectivity index (χ4v) is 3.76. The lowest BCUT2D eigenvalue weighted by Gasteiger charge is -2.29. The van der Waals surface area contributed by atoms with Crippen molar-refractivity contribution in [2.45, 2.75) is 38.1 Å². The van der Waals surface area contributed by atoms with E-state index < -0.39 is 0 Å². The Labute approximate surface area is 132 Å². The Bertz CT molecular complexity index is 508. The van der Waals surface area contributed by atoms with Crippen molar-refractivity contribution in [3.05, 3.63) is 29.8 Å². The summed E-state index contributed by atoms with van der Waals surface area (Å²) in [6, 6.07) is 8.63. The number of hydrogen-bond donors (Lipinski definition) is 1. The molecule has 0 aromatic heterocycles. The van der Waals surface area contributed by atoms with Crippen molar-refractivity contribution >= 4 is 5.91 Å². The molecule has 22 heavy (non-hydrogen) atoms. The third-order valence-electron chi connectivity index (χ3n) is 5.13. The van der Waals surface area contributed by atoms with Gasteiger partial charge in [0.25, 0.3) is 0 Å². The first-order chi connectivity index (χ1) is 10.7. The second kappa shape index (κ2) is 6.69. The number of hydrogen-bond acceptors (Lipinski definition) is 3. The summed E-state index contributed by atoms with van der Waals surface area (Å²) in [5.41, 5.74) is 1.31. The van der Waals surface area contributed by atoms with Crippen LogP contribution >= 0.6 is 0 Å². The van der Waals surface area contributed by atoms with Gasteiger partial charge in [-0.2, -0.15) is 0 Å². The summed E-state index contributed by atoms with van der Waals surface area (Å²) >= 11 is 0. The molecule has 2 aliphatic rings. The number of nitrogens with zero attached hydrogens (tertiary/aromatic N) is 1. The summed E-state index contributed by atoms with van der Waals surface area (Å²) in [7, 11) is 1.69. The highest BCUT2D eigenvalue weighted by Crippen LogP contribution is 2.34. The lowest BCUT2D eigenvalue weighted by Crippen LogP contribution is -2.42. The molecule has 2 aliphatic heterocycles. The molecule has 2 saturated heterocycles.